The van der Waals surface area contributed by atoms with Crippen molar-refractivity contribution < 1.29 is 13.6 Å². The van der Waals surface area contributed by atoms with Crippen molar-refractivity contribution in [1.82, 2.24) is 10.3 Å². The van der Waals surface area contributed by atoms with Crippen LogP contribution in [-0.2, 0) is 6.42 Å². The molecule has 7 heteroatoms. The van der Waals surface area contributed by atoms with Gasteiger partial charge in [0.05, 0.1) is 5.69 Å². The van der Waals surface area contributed by atoms with E-state index >= 15 is 0 Å². The summed E-state index contributed by atoms with van der Waals surface area (Å²) in [5.41, 5.74) is 6.04. The Balaban J connectivity index is 2.07. The van der Waals surface area contributed by atoms with Crippen LogP contribution in [-0.4, -0.2) is 16.9 Å². The number of hydrogen-bond acceptors (Lipinski definition) is 4. The molecule has 1 aromatic heterocycles. The number of carbonyl (C=O) groups is 1. The van der Waals surface area contributed by atoms with Crippen LogP contribution in [0.1, 0.15) is 27.9 Å². The van der Waals surface area contributed by atoms with E-state index in [0.29, 0.717) is 15.7 Å². The summed E-state index contributed by atoms with van der Waals surface area (Å²) in [4.78, 5) is 16.4. The minimum atomic E-state index is -0.616. The average molecular weight is 311 g/mol. The van der Waals surface area contributed by atoms with E-state index in [1.807, 2.05) is 0 Å². The van der Waals surface area contributed by atoms with Crippen molar-refractivity contribution >= 4 is 22.4 Å². The van der Waals surface area contributed by atoms with Gasteiger partial charge in [0.15, 0.2) is 5.13 Å². The molecule has 1 atom stereocenters. The van der Waals surface area contributed by atoms with Crippen molar-refractivity contribution in [3.63, 3.8) is 0 Å². The fourth-order valence-corrected chi connectivity index (χ4v) is 2.74. The molecule has 0 aliphatic rings. The lowest BCUT2D eigenvalue weighted by Gasteiger charge is -2.14. The summed E-state index contributed by atoms with van der Waals surface area (Å²) in [6.07, 6.45) is 0.0670. The van der Waals surface area contributed by atoms with Crippen LogP contribution < -0.4 is 11.1 Å². The van der Waals surface area contributed by atoms with Crippen LogP contribution >= 0.6 is 11.3 Å². The molecule has 4 nitrogen and oxygen atoms in total. The van der Waals surface area contributed by atoms with E-state index in [1.54, 1.807) is 13.8 Å². The molecule has 2 rings (SSSR count). The average Bonchev–Trinajstić information content (AvgIpc) is 2.73. The van der Waals surface area contributed by atoms with Gasteiger partial charge < -0.3 is 11.1 Å². The lowest BCUT2D eigenvalue weighted by atomic mass is 10.1. The first-order valence-corrected chi connectivity index (χ1v) is 7.16. The normalized spacial score (nSPS) is 12.2. The van der Waals surface area contributed by atoms with Crippen LogP contribution in [0.4, 0.5) is 13.9 Å². The number of hydrogen-bond donors (Lipinski definition) is 2. The SMILES string of the molecule is Cc1nc(N)sc1C(=O)NC(C)Cc1c(F)cccc1F. The zero-order valence-corrected chi connectivity index (χ0v) is 12.4. The maximum atomic E-state index is 13.6. The topological polar surface area (TPSA) is 68.0 Å². The summed E-state index contributed by atoms with van der Waals surface area (Å²) in [7, 11) is 0. The third kappa shape index (κ3) is 3.55. The summed E-state index contributed by atoms with van der Waals surface area (Å²) >= 11 is 1.08. The molecule has 0 radical (unpaired) electrons. The largest absolute Gasteiger partial charge is 0.375 e. The zero-order chi connectivity index (χ0) is 15.6. The maximum Gasteiger partial charge on any atom is 0.263 e. The maximum absolute atomic E-state index is 13.6. The van der Waals surface area contributed by atoms with Crippen molar-refractivity contribution in [2.75, 3.05) is 5.73 Å². The number of aromatic nitrogens is 1. The van der Waals surface area contributed by atoms with E-state index in [2.05, 4.69) is 10.3 Å². The fraction of sp³-hybridized carbons (Fsp3) is 0.286. The van der Waals surface area contributed by atoms with Crippen molar-refractivity contribution in [2.45, 2.75) is 26.3 Å². The van der Waals surface area contributed by atoms with Gasteiger partial charge in [-0.2, -0.15) is 0 Å². The highest BCUT2D eigenvalue weighted by Crippen LogP contribution is 2.20. The van der Waals surface area contributed by atoms with Gasteiger partial charge in [0.25, 0.3) is 5.91 Å². The van der Waals surface area contributed by atoms with Crippen LogP contribution in [0.2, 0.25) is 0 Å². The Kier molecular flexibility index (Phi) is 4.52. The molecule has 0 fully saturated rings. The molecular formula is C14H15F2N3OS. The fourth-order valence-electron chi connectivity index (χ4n) is 2.00. The molecule has 112 valence electrons. The molecule has 0 spiro atoms. The van der Waals surface area contributed by atoms with Crippen LogP contribution in [0.15, 0.2) is 18.2 Å². The van der Waals surface area contributed by atoms with Crippen LogP contribution in [0.3, 0.4) is 0 Å². The quantitative estimate of drug-likeness (QED) is 0.912. The highest BCUT2D eigenvalue weighted by atomic mass is 32.1. The van der Waals surface area contributed by atoms with Gasteiger partial charge in [-0.3, -0.25) is 4.79 Å². The Labute approximate surface area is 125 Å². The second-order valence-electron chi connectivity index (χ2n) is 4.75. The number of nitrogen functional groups attached to an aromatic ring is 1. The summed E-state index contributed by atoms with van der Waals surface area (Å²) in [5, 5.41) is 3.01. The first-order chi connectivity index (χ1) is 9.88. The van der Waals surface area contributed by atoms with Gasteiger partial charge in [0.2, 0.25) is 0 Å². The van der Waals surface area contributed by atoms with Gasteiger partial charge in [0, 0.05) is 11.6 Å². The van der Waals surface area contributed by atoms with Crippen LogP contribution in [0, 0.1) is 18.6 Å². The third-order valence-corrected chi connectivity index (χ3v) is 3.95. The molecule has 2 aromatic rings. The van der Waals surface area contributed by atoms with E-state index in [0.717, 1.165) is 11.3 Å². The molecular weight excluding hydrogens is 296 g/mol. The molecule has 0 saturated carbocycles. The molecule has 0 aliphatic heterocycles. The Morgan fingerprint density at radius 1 is 1.43 bits per heavy atom. The highest BCUT2D eigenvalue weighted by Gasteiger charge is 2.18. The molecule has 1 amide bonds. The standard InChI is InChI=1S/C14H15F2N3OS/c1-7(6-9-10(15)4-3-5-11(9)16)18-13(20)12-8(2)19-14(17)21-12/h3-5,7H,6H2,1-2H3,(H2,17,19)(H,18,20). The predicted molar refractivity (Wildman–Crippen MR) is 78.3 cm³/mol. The number of nitrogens with one attached hydrogen (secondary N) is 1. The third-order valence-electron chi connectivity index (χ3n) is 2.97. The number of nitrogens with zero attached hydrogens (tertiary/aromatic N) is 1. The van der Waals surface area contributed by atoms with Gasteiger partial charge in [-0.25, -0.2) is 13.8 Å². The minimum Gasteiger partial charge on any atom is -0.375 e. The predicted octanol–water partition coefficient (Wildman–Crippen LogP) is 2.67. The molecule has 1 heterocycles. The molecule has 1 aromatic carbocycles. The van der Waals surface area contributed by atoms with Crippen LogP contribution in [0.25, 0.3) is 0 Å². The first-order valence-electron chi connectivity index (χ1n) is 6.35. The van der Waals surface area contributed by atoms with E-state index in [-0.39, 0.29) is 17.9 Å². The highest BCUT2D eigenvalue weighted by molar-refractivity contribution is 7.17. The number of amides is 1. The number of thiazole rings is 1. The van der Waals surface area contributed by atoms with Gasteiger partial charge in [-0.1, -0.05) is 17.4 Å². The van der Waals surface area contributed by atoms with Gasteiger partial charge in [-0.05, 0) is 32.4 Å². The van der Waals surface area contributed by atoms with E-state index in [4.69, 9.17) is 5.73 Å². The van der Waals surface area contributed by atoms with Gasteiger partial charge in [0.1, 0.15) is 16.5 Å². The first kappa shape index (κ1) is 15.4. The summed E-state index contributed by atoms with van der Waals surface area (Å²) in [5.74, 6) is -1.57. The van der Waals surface area contributed by atoms with Crippen molar-refractivity contribution in [3.05, 3.63) is 46.0 Å². The minimum absolute atomic E-state index is 0.0363. The summed E-state index contributed by atoms with van der Waals surface area (Å²) < 4.78 is 27.1. The molecule has 1 unspecified atom stereocenters. The lowest BCUT2D eigenvalue weighted by molar-refractivity contribution is 0.0943. The second-order valence-corrected chi connectivity index (χ2v) is 5.78. The summed E-state index contributed by atoms with van der Waals surface area (Å²) in [6, 6.07) is 3.27. The van der Waals surface area contributed by atoms with Crippen molar-refractivity contribution in [2.24, 2.45) is 0 Å². The molecule has 0 bridgehead atoms. The Hall–Kier alpha value is -2.02. The number of aryl methyl sites for hydroxylation is 1. The van der Waals surface area contributed by atoms with E-state index in [1.165, 1.54) is 18.2 Å². The number of benzene rings is 1. The molecule has 0 aliphatic carbocycles. The molecule has 3 N–H and O–H groups in total. The number of nitrogens with two attached hydrogens (primary N) is 1. The number of carbonyl (C=O) groups excluding carboxylic acids is 1. The Morgan fingerprint density at radius 3 is 2.57 bits per heavy atom. The molecule has 0 saturated heterocycles. The van der Waals surface area contributed by atoms with Crippen LogP contribution in [0.5, 0.6) is 0 Å². The number of anilines is 1. The van der Waals surface area contributed by atoms with Crippen molar-refractivity contribution in [1.29, 1.82) is 0 Å². The number of rotatable bonds is 4. The summed E-state index contributed by atoms with van der Waals surface area (Å²) in [6.45, 7) is 3.37. The Bertz CT molecular complexity index is 652. The zero-order valence-electron chi connectivity index (χ0n) is 11.6. The Morgan fingerprint density at radius 2 is 2.05 bits per heavy atom. The molecule has 21 heavy (non-hydrogen) atoms. The lowest BCUT2D eigenvalue weighted by Crippen LogP contribution is -2.34. The van der Waals surface area contributed by atoms with Gasteiger partial charge in [-0.15, -0.1) is 0 Å². The smallest absolute Gasteiger partial charge is 0.263 e. The van der Waals surface area contributed by atoms with Gasteiger partial charge >= 0.3 is 0 Å². The number of halogens is 2. The monoisotopic (exact) mass is 311 g/mol. The second kappa shape index (κ2) is 6.17. The van der Waals surface area contributed by atoms with E-state index < -0.39 is 17.7 Å². The van der Waals surface area contributed by atoms with E-state index in [9.17, 15) is 13.6 Å². The van der Waals surface area contributed by atoms with Crippen molar-refractivity contribution in [3.8, 4) is 0 Å².